The summed E-state index contributed by atoms with van der Waals surface area (Å²) in [5, 5.41) is 5.07. The summed E-state index contributed by atoms with van der Waals surface area (Å²) in [6.07, 6.45) is 0. The fraction of sp³-hybridized carbons (Fsp3) is 0. The molecule has 0 fully saturated rings. The van der Waals surface area contributed by atoms with Crippen molar-refractivity contribution in [1.29, 1.82) is 0 Å². The van der Waals surface area contributed by atoms with Crippen LogP contribution in [0.5, 0.6) is 0 Å². The number of hydrogen-bond donors (Lipinski definition) is 3. The maximum atomic E-state index is 8.81. The topological polar surface area (TPSA) is 86.2 Å². The molecule has 13 heavy (non-hydrogen) atoms. The van der Waals surface area contributed by atoms with Crippen LogP contribution >= 0.6 is 23.2 Å². The van der Waals surface area contributed by atoms with Gasteiger partial charge >= 0.3 is 0 Å². The van der Waals surface area contributed by atoms with E-state index < -0.39 is 10.9 Å². The lowest BCUT2D eigenvalue weighted by molar-refractivity contribution is 0.616. The summed E-state index contributed by atoms with van der Waals surface area (Å²) in [4.78, 5) is 0. The molecule has 1 aromatic carbocycles. The van der Waals surface area contributed by atoms with E-state index in [9.17, 15) is 0 Å². The minimum Gasteiger partial charge on any atom is -0.396 e. The Morgan fingerprint density at radius 3 is 1.69 bits per heavy atom. The maximum absolute atomic E-state index is 8.81. The Hall–Kier alpha value is -0.490. The molecule has 4 N–H and O–H groups in total. The molecule has 0 aliphatic carbocycles. The predicted molar refractivity (Wildman–Crippen MR) is 55.4 cm³/mol. The van der Waals surface area contributed by atoms with Crippen molar-refractivity contribution >= 4 is 39.8 Å². The summed E-state index contributed by atoms with van der Waals surface area (Å²) in [7, 11) is -2.62. The van der Waals surface area contributed by atoms with Gasteiger partial charge in [-0.25, -0.2) is 13.6 Å². The predicted octanol–water partition coefficient (Wildman–Crippen LogP) is 1.05. The number of hydrogen-bond acceptors (Lipinski definition) is 3. The fourth-order valence-corrected chi connectivity index (χ4v) is 0.908. The van der Waals surface area contributed by atoms with E-state index in [0.29, 0.717) is 15.7 Å². The molecule has 0 aliphatic rings. The highest BCUT2D eigenvalue weighted by Crippen LogP contribution is 2.25. The van der Waals surface area contributed by atoms with E-state index in [2.05, 4.69) is 5.14 Å². The van der Waals surface area contributed by atoms with Crippen LogP contribution in [-0.2, 0) is 10.9 Å². The first kappa shape index (κ1) is 12.5. The van der Waals surface area contributed by atoms with Crippen molar-refractivity contribution in [2.45, 2.75) is 0 Å². The van der Waals surface area contributed by atoms with Crippen LogP contribution in [0.1, 0.15) is 0 Å². The molecule has 7 heteroatoms. The van der Waals surface area contributed by atoms with Crippen LogP contribution in [-0.4, -0.2) is 8.42 Å². The monoisotopic (exact) mass is 242 g/mol. The van der Waals surface area contributed by atoms with E-state index in [1.54, 1.807) is 18.2 Å². The maximum Gasteiger partial charge on any atom is 0.198 e. The average Bonchev–Trinajstić information content (AvgIpc) is 1.99. The smallest absolute Gasteiger partial charge is 0.198 e. The van der Waals surface area contributed by atoms with E-state index in [0.717, 1.165) is 0 Å². The number of thiol groups is 1. The van der Waals surface area contributed by atoms with Crippen LogP contribution in [0.25, 0.3) is 0 Å². The lowest BCUT2D eigenvalue weighted by Gasteiger charge is -1.96. The second kappa shape index (κ2) is 6.04. The Morgan fingerprint density at radius 1 is 1.15 bits per heavy atom. The molecule has 0 radical (unpaired) electrons. The van der Waals surface area contributed by atoms with Crippen LogP contribution in [0.4, 0.5) is 5.69 Å². The summed E-state index contributed by atoms with van der Waals surface area (Å²) in [5.74, 6) is 0. The van der Waals surface area contributed by atoms with Crippen LogP contribution in [0.15, 0.2) is 18.2 Å². The number of para-hydroxylation sites is 1. The Kier molecular flexibility index (Phi) is 5.81. The molecule has 0 unspecified atom stereocenters. The van der Waals surface area contributed by atoms with Crippen LogP contribution in [0.2, 0.25) is 10.0 Å². The second-order valence-corrected chi connectivity index (χ2v) is 3.31. The van der Waals surface area contributed by atoms with E-state index in [1.807, 2.05) is 0 Å². The molecule has 0 spiro atoms. The van der Waals surface area contributed by atoms with Gasteiger partial charge in [-0.2, -0.15) is 0 Å². The molecule has 74 valence electrons. The van der Waals surface area contributed by atoms with Crippen molar-refractivity contribution in [2.75, 3.05) is 5.73 Å². The molecule has 0 amide bonds. The zero-order valence-electron chi connectivity index (χ0n) is 6.41. The van der Waals surface area contributed by atoms with Gasteiger partial charge < -0.3 is 5.73 Å². The molecule has 0 atom stereocenters. The lowest BCUT2D eigenvalue weighted by atomic mass is 10.3. The molecule has 1 rings (SSSR count). The van der Waals surface area contributed by atoms with Gasteiger partial charge in [-0.1, -0.05) is 29.3 Å². The highest BCUT2D eigenvalue weighted by Gasteiger charge is 1.97. The third-order valence-electron chi connectivity index (χ3n) is 1.000. The van der Waals surface area contributed by atoms with Crippen molar-refractivity contribution in [2.24, 2.45) is 5.14 Å². The number of halogens is 2. The van der Waals surface area contributed by atoms with E-state index in [4.69, 9.17) is 37.4 Å². The van der Waals surface area contributed by atoms with Crippen molar-refractivity contribution < 1.29 is 8.42 Å². The first-order valence-corrected chi connectivity index (χ1v) is 5.04. The Morgan fingerprint density at radius 2 is 1.46 bits per heavy atom. The van der Waals surface area contributed by atoms with Crippen molar-refractivity contribution in [1.82, 2.24) is 0 Å². The first-order chi connectivity index (χ1) is 5.95. The molecule has 4 nitrogen and oxygen atoms in total. The summed E-state index contributed by atoms with van der Waals surface area (Å²) in [6.45, 7) is 0. The highest BCUT2D eigenvalue weighted by molar-refractivity contribution is 7.69. The largest absolute Gasteiger partial charge is 0.396 e. The van der Waals surface area contributed by atoms with Gasteiger partial charge in [-0.3, -0.25) is 0 Å². The molecule has 0 aromatic heterocycles. The normalized spacial score (nSPS) is 9.23. The quantitative estimate of drug-likeness (QED) is 0.470. The zero-order valence-corrected chi connectivity index (χ0v) is 8.81. The Labute approximate surface area is 87.5 Å². The van der Waals surface area contributed by atoms with Gasteiger partial charge in [0.2, 0.25) is 0 Å². The Bertz CT molecular complexity index is 326. The summed E-state index contributed by atoms with van der Waals surface area (Å²) >= 11 is 11.2. The summed E-state index contributed by atoms with van der Waals surface area (Å²) in [6, 6.07) is 5.15. The number of nitrogens with two attached hydrogens (primary N) is 2. The molecular weight excluding hydrogens is 235 g/mol. The van der Waals surface area contributed by atoms with E-state index >= 15 is 0 Å². The van der Waals surface area contributed by atoms with Crippen LogP contribution < -0.4 is 10.9 Å². The van der Waals surface area contributed by atoms with E-state index in [1.165, 1.54) is 0 Å². The van der Waals surface area contributed by atoms with Gasteiger partial charge in [0.15, 0.2) is 10.9 Å². The second-order valence-electron chi connectivity index (χ2n) is 1.92. The number of nitrogen functional groups attached to an aromatic ring is 1. The minimum absolute atomic E-state index is 0.445. The molecule has 0 aliphatic heterocycles. The molecular formula is C6H8Cl2N2O2S. The molecule has 0 saturated heterocycles. The number of anilines is 1. The third-order valence-corrected chi connectivity index (χ3v) is 1.66. The molecule has 1 aromatic rings. The fourth-order valence-electron chi connectivity index (χ4n) is 0.511. The molecule has 0 saturated carbocycles. The van der Waals surface area contributed by atoms with Gasteiger partial charge in [-0.05, 0) is 12.1 Å². The SMILES string of the molecule is N[SH](=O)=O.Nc1c(Cl)cccc1Cl. The standard InChI is InChI=1S/C6H5Cl2N.H3NO2S/c7-4-2-1-3-5(8)6(4)9;1-4(2)3/h1-3H,9H2;4H,(H2,1,2,3). The van der Waals surface area contributed by atoms with E-state index in [-0.39, 0.29) is 0 Å². The Balaban J connectivity index is 0.000000310. The van der Waals surface area contributed by atoms with Gasteiger partial charge in [-0.15, -0.1) is 0 Å². The van der Waals surface area contributed by atoms with Crippen LogP contribution in [0.3, 0.4) is 0 Å². The number of benzene rings is 1. The average molecular weight is 243 g/mol. The molecule has 0 heterocycles. The summed E-state index contributed by atoms with van der Waals surface area (Å²) in [5.41, 5.74) is 5.86. The van der Waals surface area contributed by atoms with Gasteiger partial charge in [0, 0.05) is 0 Å². The third kappa shape index (κ3) is 5.70. The first-order valence-electron chi connectivity index (χ1n) is 3.03. The van der Waals surface area contributed by atoms with Crippen molar-refractivity contribution in [3.05, 3.63) is 28.2 Å². The zero-order chi connectivity index (χ0) is 10.4. The summed E-state index contributed by atoms with van der Waals surface area (Å²) < 4.78 is 17.6. The van der Waals surface area contributed by atoms with Crippen molar-refractivity contribution in [3.63, 3.8) is 0 Å². The number of rotatable bonds is 0. The van der Waals surface area contributed by atoms with Gasteiger partial charge in [0.05, 0.1) is 15.7 Å². The van der Waals surface area contributed by atoms with Crippen LogP contribution in [0, 0.1) is 0 Å². The van der Waals surface area contributed by atoms with Crippen molar-refractivity contribution in [3.8, 4) is 0 Å². The van der Waals surface area contributed by atoms with Gasteiger partial charge in [0.25, 0.3) is 0 Å². The molecule has 0 bridgehead atoms. The van der Waals surface area contributed by atoms with Gasteiger partial charge in [0.1, 0.15) is 0 Å². The highest BCUT2D eigenvalue weighted by atomic mass is 35.5. The minimum atomic E-state index is -2.62. The lowest BCUT2D eigenvalue weighted by Crippen LogP contribution is -1.85.